The highest BCUT2D eigenvalue weighted by Crippen LogP contribution is 2.30. The van der Waals surface area contributed by atoms with E-state index in [0.717, 1.165) is 37.9 Å². The summed E-state index contributed by atoms with van der Waals surface area (Å²) in [5.74, 6) is 0.595. The molecule has 2 saturated heterocycles. The summed E-state index contributed by atoms with van der Waals surface area (Å²) in [6, 6.07) is 17.1. The molecule has 3 atom stereocenters. The Morgan fingerprint density at radius 3 is 2.69 bits per heavy atom. The van der Waals surface area contributed by atoms with Crippen molar-refractivity contribution in [3.63, 3.8) is 0 Å². The number of amides is 1. The second-order valence-corrected chi connectivity index (χ2v) is 7.90. The number of carbonyl (C=O) groups excluding carboxylic acids is 1. The molecule has 2 aromatic rings. The molecule has 3 unspecified atom stereocenters. The predicted octanol–water partition coefficient (Wildman–Crippen LogP) is 3.97. The highest BCUT2D eigenvalue weighted by molar-refractivity contribution is 5.97. The van der Waals surface area contributed by atoms with Crippen molar-refractivity contribution in [2.45, 2.75) is 50.4 Å². The quantitative estimate of drug-likeness (QED) is 0.771. The Labute approximate surface area is 172 Å². The summed E-state index contributed by atoms with van der Waals surface area (Å²) >= 11 is 0. The van der Waals surface area contributed by atoms with Crippen LogP contribution in [0.4, 0.5) is 0 Å². The topological polar surface area (TPSA) is 59.0 Å². The monoisotopic (exact) mass is 395 g/mol. The van der Waals surface area contributed by atoms with Gasteiger partial charge >= 0.3 is 0 Å². The number of nitrogens with zero attached hydrogens (tertiary/aromatic N) is 1. The van der Waals surface area contributed by atoms with E-state index in [9.17, 15) is 9.90 Å². The lowest BCUT2D eigenvalue weighted by atomic mass is 10.00. The van der Waals surface area contributed by atoms with E-state index >= 15 is 0 Å². The molecule has 5 nitrogen and oxygen atoms in total. The largest absolute Gasteiger partial charge is 0.490 e. The molecule has 154 valence electrons. The number of benzene rings is 2. The van der Waals surface area contributed by atoms with E-state index in [2.05, 4.69) is 0 Å². The van der Waals surface area contributed by atoms with Crippen molar-refractivity contribution in [2.75, 3.05) is 19.8 Å². The van der Waals surface area contributed by atoms with E-state index in [4.69, 9.17) is 9.47 Å². The molecule has 5 heteroatoms. The van der Waals surface area contributed by atoms with Crippen LogP contribution >= 0.6 is 0 Å². The molecule has 0 aliphatic carbocycles. The van der Waals surface area contributed by atoms with E-state index in [1.807, 2.05) is 59.5 Å². The van der Waals surface area contributed by atoms with Gasteiger partial charge in [-0.15, -0.1) is 0 Å². The molecule has 0 bridgehead atoms. The van der Waals surface area contributed by atoms with Gasteiger partial charge in [0.2, 0.25) is 0 Å². The maximum Gasteiger partial charge on any atom is 0.257 e. The van der Waals surface area contributed by atoms with Gasteiger partial charge in [0.25, 0.3) is 5.91 Å². The van der Waals surface area contributed by atoms with Gasteiger partial charge in [0.15, 0.2) is 0 Å². The summed E-state index contributed by atoms with van der Waals surface area (Å²) in [7, 11) is 0. The predicted molar refractivity (Wildman–Crippen MR) is 111 cm³/mol. The summed E-state index contributed by atoms with van der Waals surface area (Å²) < 4.78 is 11.6. The van der Waals surface area contributed by atoms with Crippen molar-refractivity contribution in [1.29, 1.82) is 0 Å². The lowest BCUT2D eigenvalue weighted by Crippen LogP contribution is -2.36. The third-order valence-electron chi connectivity index (χ3n) is 5.88. The summed E-state index contributed by atoms with van der Waals surface area (Å²) in [6.07, 6.45) is 4.02. The first-order valence-electron chi connectivity index (χ1n) is 10.6. The zero-order chi connectivity index (χ0) is 20.1. The molecule has 0 saturated carbocycles. The van der Waals surface area contributed by atoms with E-state index < -0.39 is 6.10 Å². The van der Waals surface area contributed by atoms with Crippen molar-refractivity contribution >= 4 is 5.91 Å². The van der Waals surface area contributed by atoms with Crippen molar-refractivity contribution in [1.82, 2.24) is 4.90 Å². The zero-order valence-electron chi connectivity index (χ0n) is 16.7. The first-order chi connectivity index (χ1) is 14.2. The minimum atomic E-state index is -0.569. The summed E-state index contributed by atoms with van der Waals surface area (Å²) in [4.78, 5) is 15.2. The lowest BCUT2D eigenvalue weighted by Gasteiger charge is -2.27. The minimum absolute atomic E-state index is 0.0179. The summed E-state index contributed by atoms with van der Waals surface area (Å²) in [5.41, 5.74) is 1.48. The van der Waals surface area contributed by atoms with Crippen LogP contribution in [0.5, 0.6) is 5.75 Å². The molecule has 2 aliphatic heterocycles. The number of hydrogen-bond acceptors (Lipinski definition) is 4. The molecule has 1 N–H and O–H groups in total. The highest BCUT2D eigenvalue weighted by Gasteiger charge is 2.32. The van der Waals surface area contributed by atoms with Crippen LogP contribution in [0.25, 0.3) is 0 Å². The number of para-hydroxylation sites is 1. The van der Waals surface area contributed by atoms with Gasteiger partial charge in [-0.25, -0.2) is 0 Å². The lowest BCUT2D eigenvalue weighted by molar-refractivity contribution is 0.0618. The molecule has 1 amide bonds. The normalized spacial score (nSPS) is 22.6. The van der Waals surface area contributed by atoms with Gasteiger partial charge in [-0.1, -0.05) is 42.5 Å². The molecular formula is C24H29NO4. The second kappa shape index (κ2) is 9.42. The van der Waals surface area contributed by atoms with E-state index in [1.54, 1.807) is 0 Å². The van der Waals surface area contributed by atoms with Gasteiger partial charge in [-0.2, -0.15) is 0 Å². The van der Waals surface area contributed by atoms with E-state index in [1.165, 1.54) is 0 Å². The Bertz CT molecular complexity index is 804. The van der Waals surface area contributed by atoms with Crippen LogP contribution in [-0.4, -0.2) is 47.8 Å². The van der Waals surface area contributed by atoms with Crippen LogP contribution in [0.3, 0.4) is 0 Å². The summed E-state index contributed by atoms with van der Waals surface area (Å²) in [5, 5.41) is 10.6. The Morgan fingerprint density at radius 1 is 1.10 bits per heavy atom. The molecule has 29 heavy (non-hydrogen) atoms. The molecule has 2 heterocycles. The first kappa shape index (κ1) is 19.9. The molecule has 2 aromatic carbocycles. The smallest absolute Gasteiger partial charge is 0.257 e. The standard InChI is InChI=1S/C24H29NO4/c26-22(18-8-2-1-3-9-18)16-19-10-6-14-25(19)24(27)21-12-4-5-13-23(21)29-17-20-11-7-15-28-20/h1-5,8-9,12-13,19-20,22,26H,6-7,10-11,14-17H2. The third kappa shape index (κ3) is 4.80. The van der Waals surface area contributed by atoms with Crippen LogP contribution < -0.4 is 4.74 Å². The Kier molecular flexibility index (Phi) is 6.47. The van der Waals surface area contributed by atoms with Crippen LogP contribution in [0.15, 0.2) is 54.6 Å². The fourth-order valence-electron chi connectivity index (χ4n) is 4.30. The molecule has 0 aromatic heterocycles. The molecule has 0 spiro atoms. The van der Waals surface area contributed by atoms with Gasteiger partial charge in [-0.05, 0) is 49.8 Å². The van der Waals surface area contributed by atoms with Crippen LogP contribution in [-0.2, 0) is 4.74 Å². The Morgan fingerprint density at radius 2 is 1.90 bits per heavy atom. The van der Waals surface area contributed by atoms with E-state index in [0.29, 0.717) is 30.9 Å². The van der Waals surface area contributed by atoms with Crippen LogP contribution in [0.2, 0.25) is 0 Å². The van der Waals surface area contributed by atoms with Crippen molar-refractivity contribution in [2.24, 2.45) is 0 Å². The van der Waals surface area contributed by atoms with Gasteiger partial charge in [0, 0.05) is 19.2 Å². The maximum absolute atomic E-state index is 13.3. The van der Waals surface area contributed by atoms with Crippen LogP contribution in [0, 0.1) is 0 Å². The average molecular weight is 395 g/mol. The number of aliphatic hydroxyl groups is 1. The Balaban J connectivity index is 1.44. The summed E-state index contributed by atoms with van der Waals surface area (Å²) in [6.45, 7) is 1.97. The fourth-order valence-corrected chi connectivity index (χ4v) is 4.30. The van der Waals surface area contributed by atoms with Gasteiger partial charge in [0.05, 0.1) is 17.8 Å². The molecular weight excluding hydrogens is 366 g/mol. The fraction of sp³-hybridized carbons (Fsp3) is 0.458. The van der Waals surface area contributed by atoms with Crippen molar-refractivity contribution in [3.05, 3.63) is 65.7 Å². The van der Waals surface area contributed by atoms with Gasteiger partial charge in [-0.3, -0.25) is 4.79 Å². The molecule has 4 rings (SSSR count). The number of aliphatic hydroxyl groups excluding tert-OH is 1. The highest BCUT2D eigenvalue weighted by atomic mass is 16.5. The number of hydrogen-bond donors (Lipinski definition) is 1. The average Bonchev–Trinajstić information content (AvgIpc) is 3.45. The maximum atomic E-state index is 13.3. The number of likely N-dealkylation sites (tertiary alicyclic amines) is 1. The molecule has 2 aliphatic rings. The Hall–Kier alpha value is -2.37. The number of carbonyl (C=O) groups is 1. The van der Waals surface area contributed by atoms with Crippen molar-refractivity contribution < 1.29 is 19.4 Å². The van der Waals surface area contributed by atoms with Crippen LogP contribution in [0.1, 0.15) is 54.1 Å². The number of ether oxygens (including phenoxy) is 2. The molecule has 2 fully saturated rings. The SMILES string of the molecule is O=C(c1ccccc1OCC1CCCO1)N1CCCC1CC(O)c1ccccc1. The third-order valence-corrected chi connectivity index (χ3v) is 5.88. The second-order valence-electron chi connectivity index (χ2n) is 7.90. The van der Waals surface area contributed by atoms with Gasteiger partial charge < -0.3 is 19.5 Å². The zero-order valence-corrected chi connectivity index (χ0v) is 16.7. The minimum Gasteiger partial charge on any atom is -0.490 e. The molecule has 0 radical (unpaired) electrons. The van der Waals surface area contributed by atoms with Gasteiger partial charge in [0.1, 0.15) is 12.4 Å². The van der Waals surface area contributed by atoms with Crippen molar-refractivity contribution in [3.8, 4) is 5.75 Å². The first-order valence-corrected chi connectivity index (χ1v) is 10.6. The van der Waals surface area contributed by atoms with E-state index in [-0.39, 0.29) is 18.1 Å². The number of rotatable bonds is 7.